The molecule has 3 unspecified atom stereocenters. The number of carbonyl (C=O) groups is 1. The maximum absolute atomic E-state index is 11.8. The van der Waals surface area contributed by atoms with Crippen LogP contribution in [0.3, 0.4) is 0 Å². The van der Waals surface area contributed by atoms with E-state index >= 15 is 0 Å². The number of aliphatic hydroxyl groups excluding tert-OH is 2. The van der Waals surface area contributed by atoms with Gasteiger partial charge in [0.1, 0.15) is 0 Å². The molecule has 0 aromatic heterocycles. The Morgan fingerprint density at radius 3 is 2.48 bits per heavy atom. The van der Waals surface area contributed by atoms with Gasteiger partial charge >= 0.3 is 6.03 Å². The number of urea groups is 1. The number of amides is 2. The normalized spacial score (nSPS) is 15.0. The Balaban J connectivity index is 2.56. The Bertz CT molecular complexity index is 405. The van der Waals surface area contributed by atoms with Crippen LogP contribution in [-0.4, -0.2) is 41.5 Å². The summed E-state index contributed by atoms with van der Waals surface area (Å²) in [5.74, 6) is 0.0613. The minimum atomic E-state index is -0.430. The maximum Gasteiger partial charge on any atom is 0.315 e. The maximum atomic E-state index is 11.8. The lowest BCUT2D eigenvalue weighted by atomic mass is 9.93. The molecule has 1 aromatic rings. The number of hydrogen-bond acceptors (Lipinski definition) is 3. The number of hydrogen-bond donors (Lipinski definition) is 4. The van der Waals surface area contributed by atoms with Crippen LogP contribution in [-0.2, 0) is 0 Å². The van der Waals surface area contributed by atoms with E-state index in [9.17, 15) is 9.90 Å². The van der Waals surface area contributed by atoms with Gasteiger partial charge in [0.05, 0.1) is 18.8 Å². The van der Waals surface area contributed by atoms with Crippen LogP contribution in [0, 0.1) is 0 Å². The second-order valence-corrected chi connectivity index (χ2v) is 5.33. The van der Waals surface area contributed by atoms with Gasteiger partial charge in [-0.1, -0.05) is 37.3 Å². The molecule has 0 heterocycles. The molecule has 118 valence electrons. The minimum Gasteiger partial charge on any atom is -0.394 e. The van der Waals surface area contributed by atoms with Gasteiger partial charge in [-0.25, -0.2) is 4.79 Å². The summed E-state index contributed by atoms with van der Waals surface area (Å²) in [6.07, 6.45) is 0.835. The topological polar surface area (TPSA) is 81.6 Å². The van der Waals surface area contributed by atoms with Crippen LogP contribution in [0.1, 0.15) is 38.2 Å². The average Bonchev–Trinajstić information content (AvgIpc) is 2.49. The van der Waals surface area contributed by atoms with Gasteiger partial charge in [-0.05, 0) is 25.3 Å². The van der Waals surface area contributed by atoms with Gasteiger partial charge < -0.3 is 20.8 Å². The van der Waals surface area contributed by atoms with Gasteiger partial charge in [-0.3, -0.25) is 0 Å². The van der Waals surface area contributed by atoms with E-state index in [1.165, 1.54) is 0 Å². The zero-order chi connectivity index (χ0) is 15.7. The Hall–Kier alpha value is -1.59. The molecule has 4 N–H and O–H groups in total. The quantitative estimate of drug-likeness (QED) is 0.588. The van der Waals surface area contributed by atoms with Gasteiger partial charge in [0.2, 0.25) is 0 Å². The SMILES string of the molecule is CCC(CO)NC(=O)NCC(CC(C)O)c1ccccc1. The van der Waals surface area contributed by atoms with Crippen LogP contribution in [0.15, 0.2) is 30.3 Å². The van der Waals surface area contributed by atoms with Crippen molar-refractivity contribution in [2.45, 2.75) is 44.8 Å². The van der Waals surface area contributed by atoms with Crippen molar-refractivity contribution in [3.63, 3.8) is 0 Å². The predicted molar refractivity (Wildman–Crippen MR) is 83.2 cm³/mol. The fraction of sp³-hybridized carbons (Fsp3) is 0.562. The van der Waals surface area contributed by atoms with Crippen molar-refractivity contribution in [3.05, 3.63) is 35.9 Å². The van der Waals surface area contributed by atoms with Crippen LogP contribution < -0.4 is 10.6 Å². The lowest BCUT2D eigenvalue weighted by molar-refractivity contribution is 0.172. The molecule has 5 nitrogen and oxygen atoms in total. The first-order valence-electron chi connectivity index (χ1n) is 7.45. The molecule has 0 bridgehead atoms. The van der Waals surface area contributed by atoms with Crippen molar-refractivity contribution < 1.29 is 15.0 Å². The minimum absolute atomic E-state index is 0.0613. The highest BCUT2D eigenvalue weighted by atomic mass is 16.3. The molecule has 5 heteroatoms. The van der Waals surface area contributed by atoms with E-state index in [0.717, 1.165) is 5.56 Å². The molecule has 0 saturated carbocycles. The molecule has 0 saturated heterocycles. The van der Waals surface area contributed by atoms with Crippen molar-refractivity contribution in [1.29, 1.82) is 0 Å². The van der Waals surface area contributed by atoms with Crippen molar-refractivity contribution in [1.82, 2.24) is 10.6 Å². The zero-order valence-corrected chi connectivity index (χ0v) is 12.7. The van der Waals surface area contributed by atoms with E-state index in [4.69, 9.17) is 5.11 Å². The number of rotatable bonds is 8. The van der Waals surface area contributed by atoms with Crippen molar-refractivity contribution in [2.75, 3.05) is 13.2 Å². The molecular formula is C16H26N2O3. The van der Waals surface area contributed by atoms with Gasteiger partial charge in [-0.2, -0.15) is 0 Å². The average molecular weight is 294 g/mol. The Morgan fingerprint density at radius 2 is 1.95 bits per heavy atom. The summed E-state index contributed by atoms with van der Waals surface area (Å²) in [7, 11) is 0. The van der Waals surface area contributed by atoms with Gasteiger partial charge in [-0.15, -0.1) is 0 Å². The van der Waals surface area contributed by atoms with E-state index in [1.807, 2.05) is 37.3 Å². The van der Waals surface area contributed by atoms with Crippen LogP contribution in [0.4, 0.5) is 4.79 Å². The first-order chi connectivity index (χ1) is 10.1. The first-order valence-corrected chi connectivity index (χ1v) is 7.45. The Morgan fingerprint density at radius 1 is 1.29 bits per heavy atom. The highest BCUT2D eigenvalue weighted by Gasteiger charge is 2.16. The summed E-state index contributed by atoms with van der Waals surface area (Å²) in [6, 6.07) is 9.31. The Kier molecular flexibility index (Phi) is 7.79. The number of carbonyl (C=O) groups excluding carboxylic acids is 1. The van der Waals surface area contributed by atoms with E-state index in [2.05, 4.69) is 10.6 Å². The highest BCUT2D eigenvalue weighted by Crippen LogP contribution is 2.20. The number of nitrogens with one attached hydrogen (secondary N) is 2. The van der Waals surface area contributed by atoms with Crippen LogP contribution in [0.2, 0.25) is 0 Å². The lowest BCUT2D eigenvalue weighted by Crippen LogP contribution is -2.44. The van der Waals surface area contributed by atoms with Crippen LogP contribution in [0.5, 0.6) is 0 Å². The molecular weight excluding hydrogens is 268 g/mol. The van der Waals surface area contributed by atoms with Gasteiger partial charge in [0.25, 0.3) is 0 Å². The summed E-state index contributed by atoms with van der Waals surface area (Å²) < 4.78 is 0. The fourth-order valence-corrected chi connectivity index (χ4v) is 2.20. The highest BCUT2D eigenvalue weighted by molar-refractivity contribution is 5.74. The van der Waals surface area contributed by atoms with Crippen LogP contribution in [0.25, 0.3) is 0 Å². The van der Waals surface area contributed by atoms with Gasteiger partial charge in [0.15, 0.2) is 0 Å². The Labute approximate surface area is 126 Å². The summed E-state index contributed by atoms with van der Waals surface area (Å²) in [4.78, 5) is 11.8. The fourth-order valence-electron chi connectivity index (χ4n) is 2.20. The van der Waals surface area contributed by atoms with E-state index < -0.39 is 6.10 Å². The predicted octanol–water partition coefficient (Wildman–Crippen LogP) is 1.61. The smallest absolute Gasteiger partial charge is 0.315 e. The molecule has 0 aliphatic rings. The van der Waals surface area contributed by atoms with E-state index in [0.29, 0.717) is 19.4 Å². The second-order valence-electron chi connectivity index (χ2n) is 5.33. The largest absolute Gasteiger partial charge is 0.394 e. The summed E-state index contributed by atoms with van der Waals surface area (Å²) in [6.45, 7) is 4.03. The molecule has 0 fully saturated rings. The number of benzene rings is 1. The first kappa shape index (κ1) is 17.5. The van der Waals surface area contributed by atoms with Crippen LogP contribution >= 0.6 is 0 Å². The van der Waals surface area contributed by atoms with Crippen molar-refractivity contribution >= 4 is 6.03 Å². The summed E-state index contributed by atoms with van der Waals surface area (Å²) >= 11 is 0. The molecule has 1 rings (SSSR count). The van der Waals surface area contributed by atoms with Crippen molar-refractivity contribution in [3.8, 4) is 0 Å². The third-order valence-electron chi connectivity index (χ3n) is 3.45. The third kappa shape index (κ3) is 6.60. The summed E-state index contributed by atoms with van der Waals surface area (Å²) in [5, 5.41) is 24.2. The molecule has 0 aliphatic heterocycles. The molecule has 2 amide bonds. The van der Waals surface area contributed by atoms with E-state index in [-0.39, 0.29) is 24.6 Å². The molecule has 21 heavy (non-hydrogen) atoms. The second kappa shape index (κ2) is 9.37. The monoisotopic (exact) mass is 294 g/mol. The van der Waals surface area contributed by atoms with Crippen molar-refractivity contribution in [2.24, 2.45) is 0 Å². The number of aliphatic hydroxyl groups is 2. The molecule has 1 aromatic carbocycles. The molecule has 0 radical (unpaired) electrons. The summed E-state index contributed by atoms with van der Waals surface area (Å²) in [5.41, 5.74) is 1.09. The molecule has 3 atom stereocenters. The van der Waals surface area contributed by atoms with Gasteiger partial charge in [0, 0.05) is 12.5 Å². The zero-order valence-electron chi connectivity index (χ0n) is 12.7. The molecule has 0 spiro atoms. The standard InChI is InChI=1S/C16H26N2O3/c1-3-15(11-19)18-16(21)17-10-14(9-12(2)20)13-7-5-4-6-8-13/h4-8,12,14-15,19-20H,3,9-11H2,1-2H3,(H2,17,18,21). The molecule has 0 aliphatic carbocycles. The third-order valence-corrected chi connectivity index (χ3v) is 3.45. The lowest BCUT2D eigenvalue weighted by Gasteiger charge is -2.21. The van der Waals surface area contributed by atoms with E-state index in [1.54, 1.807) is 6.92 Å².